The lowest BCUT2D eigenvalue weighted by Crippen LogP contribution is -2.11. The Balaban J connectivity index is 2.16. The fourth-order valence-corrected chi connectivity index (χ4v) is 2.89. The molecule has 0 aliphatic heterocycles. The lowest BCUT2D eigenvalue weighted by atomic mass is 10.2. The van der Waals surface area contributed by atoms with Crippen LogP contribution in [0.3, 0.4) is 0 Å². The summed E-state index contributed by atoms with van der Waals surface area (Å²) < 4.78 is 15.5. The van der Waals surface area contributed by atoms with E-state index >= 15 is 0 Å². The van der Waals surface area contributed by atoms with E-state index in [1.54, 1.807) is 12.1 Å². The molecule has 0 saturated heterocycles. The van der Waals surface area contributed by atoms with E-state index in [0.29, 0.717) is 17.9 Å². The Hall–Kier alpha value is -1.40. The van der Waals surface area contributed by atoms with Crippen LogP contribution in [0.25, 0.3) is 0 Å². The third kappa shape index (κ3) is 3.13. The predicted molar refractivity (Wildman–Crippen MR) is 74.3 cm³/mol. The molecule has 0 unspecified atom stereocenters. The molecule has 0 amide bonds. The second-order valence-corrected chi connectivity index (χ2v) is 5.39. The summed E-state index contributed by atoms with van der Waals surface area (Å²) in [5, 5.41) is 8.97. The molecule has 19 heavy (non-hydrogen) atoms. The second kappa shape index (κ2) is 6.16. The minimum absolute atomic E-state index is 0.190. The first kappa shape index (κ1) is 14.0. The van der Waals surface area contributed by atoms with Gasteiger partial charge in [-0.15, -0.1) is 10.2 Å². The third-order valence-electron chi connectivity index (χ3n) is 2.75. The smallest absolute Gasteiger partial charge is 0.191 e. The molecule has 0 atom stereocenters. The summed E-state index contributed by atoms with van der Waals surface area (Å²) in [7, 11) is 0. The van der Waals surface area contributed by atoms with Gasteiger partial charge in [0, 0.05) is 11.8 Å². The summed E-state index contributed by atoms with van der Waals surface area (Å²) in [6, 6.07) is 7.00. The zero-order valence-electron chi connectivity index (χ0n) is 11.0. The molecular formula is C13H17FN4S. The highest BCUT2D eigenvalue weighted by molar-refractivity contribution is 7.98. The summed E-state index contributed by atoms with van der Waals surface area (Å²) in [6.07, 6.45) is 0. The lowest BCUT2D eigenvalue weighted by Gasteiger charge is -2.12. The molecule has 2 aromatic rings. The van der Waals surface area contributed by atoms with Gasteiger partial charge in [-0.2, -0.15) is 0 Å². The van der Waals surface area contributed by atoms with Gasteiger partial charge in [0.15, 0.2) is 5.16 Å². The zero-order chi connectivity index (χ0) is 13.8. The lowest BCUT2D eigenvalue weighted by molar-refractivity contribution is 0.526. The SMILES string of the molecule is CC(C)n1c(CN)nnc1SCc1ccccc1F. The van der Waals surface area contributed by atoms with Gasteiger partial charge in [-0.1, -0.05) is 30.0 Å². The van der Waals surface area contributed by atoms with Crippen LogP contribution in [0.4, 0.5) is 4.39 Å². The number of hydrogen-bond donors (Lipinski definition) is 1. The molecule has 4 nitrogen and oxygen atoms in total. The molecular weight excluding hydrogens is 263 g/mol. The van der Waals surface area contributed by atoms with Crippen molar-refractivity contribution < 1.29 is 4.39 Å². The van der Waals surface area contributed by atoms with Crippen LogP contribution in [0.2, 0.25) is 0 Å². The van der Waals surface area contributed by atoms with E-state index in [1.165, 1.54) is 17.8 Å². The van der Waals surface area contributed by atoms with Gasteiger partial charge in [-0.25, -0.2) is 4.39 Å². The maximum Gasteiger partial charge on any atom is 0.191 e. The summed E-state index contributed by atoms with van der Waals surface area (Å²) in [4.78, 5) is 0. The predicted octanol–water partition coefficient (Wildman–Crippen LogP) is 2.75. The summed E-state index contributed by atoms with van der Waals surface area (Å²) >= 11 is 1.47. The van der Waals surface area contributed by atoms with Gasteiger partial charge in [0.25, 0.3) is 0 Å². The van der Waals surface area contributed by atoms with Crippen molar-refractivity contribution in [3.63, 3.8) is 0 Å². The monoisotopic (exact) mass is 280 g/mol. The summed E-state index contributed by atoms with van der Waals surface area (Å²) in [5.74, 6) is 1.10. The topological polar surface area (TPSA) is 56.7 Å². The minimum Gasteiger partial charge on any atom is -0.324 e. The molecule has 0 radical (unpaired) electrons. The quantitative estimate of drug-likeness (QED) is 0.856. The zero-order valence-corrected chi connectivity index (χ0v) is 11.8. The third-order valence-corrected chi connectivity index (χ3v) is 3.74. The fourth-order valence-electron chi connectivity index (χ4n) is 1.82. The molecule has 6 heteroatoms. The van der Waals surface area contributed by atoms with E-state index in [9.17, 15) is 4.39 Å². The molecule has 0 aliphatic carbocycles. The van der Waals surface area contributed by atoms with E-state index in [2.05, 4.69) is 24.0 Å². The van der Waals surface area contributed by atoms with Crippen molar-refractivity contribution in [1.29, 1.82) is 0 Å². The minimum atomic E-state index is -0.190. The standard InChI is InChI=1S/C13H17FN4S/c1-9(2)18-12(7-15)16-17-13(18)19-8-10-5-3-4-6-11(10)14/h3-6,9H,7-8,15H2,1-2H3. The van der Waals surface area contributed by atoms with Crippen molar-refractivity contribution in [3.8, 4) is 0 Å². The molecule has 2 rings (SSSR count). The average molecular weight is 280 g/mol. The Bertz CT molecular complexity index is 553. The van der Waals surface area contributed by atoms with Gasteiger partial charge in [-0.05, 0) is 25.5 Å². The molecule has 0 fully saturated rings. The molecule has 0 aliphatic rings. The van der Waals surface area contributed by atoms with Crippen molar-refractivity contribution in [2.75, 3.05) is 0 Å². The van der Waals surface area contributed by atoms with E-state index in [4.69, 9.17) is 5.73 Å². The highest BCUT2D eigenvalue weighted by atomic mass is 32.2. The summed E-state index contributed by atoms with van der Waals surface area (Å²) in [6.45, 7) is 4.46. The van der Waals surface area contributed by atoms with Crippen LogP contribution in [0.5, 0.6) is 0 Å². The van der Waals surface area contributed by atoms with Gasteiger partial charge in [0.1, 0.15) is 11.6 Å². The maximum absolute atomic E-state index is 13.5. The molecule has 0 bridgehead atoms. The maximum atomic E-state index is 13.5. The summed E-state index contributed by atoms with van der Waals surface area (Å²) in [5.41, 5.74) is 6.31. The first-order chi connectivity index (χ1) is 9.13. The van der Waals surface area contributed by atoms with Crippen molar-refractivity contribution in [2.24, 2.45) is 5.73 Å². The number of nitrogens with zero attached hydrogens (tertiary/aromatic N) is 3. The number of hydrogen-bond acceptors (Lipinski definition) is 4. The van der Waals surface area contributed by atoms with Crippen LogP contribution in [0.1, 0.15) is 31.3 Å². The molecule has 2 N–H and O–H groups in total. The number of thioether (sulfide) groups is 1. The van der Waals surface area contributed by atoms with Crippen LogP contribution >= 0.6 is 11.8 Å². The molecule has 0 spiro atoms. The number of nitrogens with two attached hydrogens (primary N) is 1. The Morgan fingerprint density at radius 2 is 2.05 bits per heavy atom. The molecule has 1 aromatic carbocycles. The van der Waals surface area contributed by atoms with Crippen LogP contribution in [-0.4, -0.2) is 14.8 Å². The molecule has 1 aromatic heterocycles. The van der Waals surface area contributed by atoms with Gasteiger partial charge in [-0.3, -0.25) is 0 Å². The highest BCUT2D eigenvalue weighted by Gasteiger charge is 2.14. The molecule has 102 valence electrons. The van der Waals surface area contributed by atoms with E-state index in [0.717, 1.165) is 11.0 Å². The van der Waals surface area contributed by atoms with Gasteiger partial charge >= 0.3 is 0 Å². The Morgan fingerprint density at radius 1 is 1.32 bits per heavy atom. The van der Waals surface area contributed by atoms with E-state index in [-0.39, 0.29) is 11.9 Å². The van der Waals surface area contributed by atoms with Gasteiger partial charge in [0.2, 0.25) is 0 Å². The van der Waals surface area contributed by atoms with Crippen LogP contribution < -0.4 is 5.73 Å². The average Bonchev–Trinajstić information content (AvgIpc) is 2.81. The van der Waals surface area contributed by atoms with Crippen LogP contribution in [0.15, 0.2) is 29.4 Å². The first-order valence-corrected chi connectivity index (χ1v) is 7.12. The number of benzene rings is 1. The first-order valence-electron chi connectivity index (χ1n) is 6.13. The molecule has 1 heterocycles. The Kier molecular flexibility index (Phi) is 4.55. The number of aromatic nitrogens is 3. The Morgan fingerprint density at radius 3 is 2.68 bits per heavy atom. The number of rotatable bonds is 5. The van der Waals surface area contributed by atoms with Crippen molar-refractivity contribution in [3.05, 3.63) is 41.5 Å². The largest absolute Gasteiger partial charge is 0.324 e. The van der Waals surface area contributed by atoms with Crippen molar-refractivity contribution in [1.82, 2.24) is 14.8 Å². The normalized spacial score (nSPS) is 11.2. The van der Waals surface area contributed by atoms with E-state index < -0.39 is 0 Å². The van der Waals surface area contributed by atoms with Crippen LogP contribution in [-0.2, 0) is 12.3 Å². The molecule has 0 saturated carbocycles. The number of halogens is 1. The van der Waals surface area contributed by atoms with E-state index in [1.807, 2.05) is 10.6 Å². The second-order valence-electron chi connectivity index (χ2n) is 4.45. The van der Waals surface area contributed by atoms with Gasteiger partial charge in [0.05, 0.1) is 6.54 Å². The van der Waals surface area contributed by atoms with Crippen molar-refractivity contribution >= 4 is 11.8 Å². The Labute approximate surface area is 116 Å². The van der Waals surface area contributed by atoms with Crippen molar-refractivity contribution in [2.45, 2.75) is 37.3 Å². The highest BCUT2D eigenvalue weighted by Crippen LogP contribution is 2.25. The van der Waals surface area contributed by atoms with Crippen LogP contribution in [0, 0.1) is 5.82 Å². The van der Waals surface area contributed by atoms with Gasteiger partial charge < -0.3 is 10.3 Å². The fraction of sp³-hybridized carbons (Fsp3) is 0.385.